The Morgan fingerprint density at radius 2 is 1.68 bits per heavy atom. The topological polar surface area (TPSA) is 112 Å². The van der Waals surface area contributed by atoms with Crippen molar-refractivity contribution in [2.75, 3.05) is 53.1 Å². The minimum absolute atomic E-state index is 0.191. The predicted octanol–water partition coefficient (Wildman–Crippen LogP) is 4.93. The average Bonchev–Trinajstić information content (AvgIpc) is 3.48. The second-order valence-corrected chi connectivity index (χ2v) is 14.1. The number of sulfonamides is 1. The molecular weight excluding hydrogens is 570 g/mol. The lowest BCUT2D eigenvalue weighted by Gasteiger charge is -2.35. The number of anilines is 3. The molecule has 6 rings (SSSR count). The Balaban J connectivity index is 1.30. The fourth-order valence-electron chi connectivity index (χ4n) is 5.71. The lowest BCUT2D eigenvalue weighted by atomic mass is 9.93. The average molecular weight is 605 g/mol. The number of hydrogen-bond donors (Lipinski definition) is 2. The number of aryl methyl sites for hydroxylation is 1. The Bertz CT molecular complexity index is 1520. The summed E-state index contributed by atoms with van der Waals surface area (Å²) in [5.74, 6) is -1.89. The number of halogens is 2. The Kier molecular flexibility index (Phi) is 7.39. The molecule has 1 aromatic carbocycles. The summed E-state index contributed by atoms with van der Waals surface area (Å²) in [5.41, 5.74) is 4.19. The van der Waals surface area contributed by atoms with Crippen molar-refractivity contribution in [2.24, 2.45) is 5.41 Å². The number of rotatable bonds is 8. The summed E-state index contributed by atoms with van der Waals surface area (Å²) in [5, 5.41) is 9.82. The van der Waals surface area contributed by atoms with Gasteiger partial charge in [-0.15, -0.1) is 0 Å². The smallest absolute Gasteiger partial charge is 0.251 e. The van der Waals surface area contributed by atoms with Gasteiger partial charge in [-0.05, 0) is 85.4 Å². The zero-order valence-electron chi connectivity index (χ0n) is 22.9. The molecule has 0 amide bonds. The van der Waals surface area contributed by atoms with Crippen molar-refractivity contribution in [3.63, 3.8) is 0 Å². The number of aromatic nitrogens is 3. The van der Waals surface area contributed by atoms with Crippen molar-refractivity contribution in [3.8, 4) is 22.1 Å². The highest BCUT2D eigenvalue weighted by Crippen LogP contribution is 2.54. The SMILES string of the molecule is Cc1cc(-c2nsc(-c3ccc(NS(=O)(=O)CCO)cc3N3CCC4(CC3)CC4)n2)nc(N2CCC(F)(F)CC2)c1. The second-order valence-electron chi connectivity index (χ2n) is 11.5. The molecule has 1 aliphatic carbocycles. The van der Waals surface area contributed by atoms with Crippen LogP contribution < -0.4 is 14.5 Å². The van der Waals surface area contributed by atoms with E-state index in [1.54, 1.807) is 6.07 Å². The quantitative estimate of drug-likeness (QED) is 0.373. The lowest BCUT2D eigenvalue weighted by Crippen LogP contribution is -2.39. The van der Waals surface area contributed by atoms with Crippen LogP contribution in [0.2, 0.25) is 0 Å². The normalized spacial score (nSPS) is 19.9. The molecule has 2 aromatic heterocycles. The Morgan fingerprint density at radius 1 is 0.976 bits per heavy atom. The van der Waals surface area contributed by atoms with E-state index in [-0.39, 0.29) is 31.7 Å². The highest BCUT2D eigenvalue weighted by molar-refractivity contribution is 7.92. The van der Waals surface area contributed by atoms with E-state index < -0.39 is 22.6 Å². The highest BCUT2D eigenvalue weighted by Gasteiger charge is 2.44. The molecule has 0 atom stereocenters. The Hall–Kier alpha value is -2.90. The maximum atomic E-state index is 13.7. The van der Waals surface area contributed by atoms with E-state index in [9.17, 15) is 17.2 Å². The van der Waals surface area contributed by atoms with Gasteiger partial charge >= 0.3 is 0 Å². The summed E-state index contributed by atoms with van der Waals surface area (Å²) in [6.07, 6.45) is 4.38. The van der Waals surface area contributed by atoms with Crippen molar-refractivity contribution in [1.82, 2.24) is 14.3 Å². The number of aliphatic hydroxyl groups is 1. The Morgan fingerprint density at radius 3 is 2.37 bits per heavy atom. The van der Waals surface area contributed by atoms with E-state index in [4.69, 9.17) is 15.1 Å². The van der Waals surface area contributed by atoms with E-state index >= 15 is 0 Å². The molecule has 3 fully saturated rings. The van der Waals surface area contributed by atoms with Gasteiger partial charge in [-0.25, -0.2) is 27.2 Å². The number of pyridine rings is 1. The number of benzene rings is 1. The first-order valence-electron chi connectivity index (χ1n) is 14.0. The summed E-state index contributed by atoms with van der Waals surface area (Å²) in [7, 11) is -3.67. The van der Waals surface area contributed by atoms with Crippen molar-refractivity contribution in [1.29, 1.82) is 0 Å². The van der Waals surface area contributed by atoms with Crippen LogP contribution in [0.3, 0.4) is 0 Å². The first-order valence-corrected chi connectivity index (χ1v) is 16.4. The van der Waals surface area contributed by atoms with E-state index in [2.05, 4.69) is 14.0 Å². The number of nitrogens with one attached hydrogen (secondary N) is 1. The minimum atomic E-state index is -3.67. The molecule has 13 heteroatoms. The fraction of sp³-hybridized carbons (Fsp3) is 0.536. The molecule has 1 spiro atoms. The molecule has 3 aliphatic rings. The molecular formula is C28H34F2N6O3S2. The molecule has 2 saturated heterocycles. The summed E-state index contributed by atoms with van der Waals surface area (Å²) >= 11 is 1.25. The van der Waals surface area contributed by atoms with Crippen molar-refractivity contribution < 1.29 is 22.3 Å². The van der Waals surface area contributed by atoms with Crippen LogP contribution in [0.4, 0.5) is 26.0 Å². The molecule has 3 aromatic rings. The monoisotopic (exact) mass is 604 g/mol. The predicted molar refractivity (Wildman–Crippen MR) is 157 cm³/mol. The summed E-state index contributed by atoms with van der Waals surface area (Å²) in [4.78, 5) is 13.8. The number of piperidine rings is 2. The van der Waals surface area contributed by atoms with Crippen LogP contribution in [-0.4, -0.2) is 72.3 Å². The van der Waals surface area contributed by atoms with Gasteiger partial charge in [-0.3, -0.25) is 4.72 Å². The molecule has 0 bridgehead atoms. The third-order valence-electron chi connectivity index (χ3n) is 8.41. The Labute approximate surface area is 242 Å². The van der Waals surface area contributed by atoms with Crippen LogP contribution in [0.25, 0.3) is 22.1 Å². The van der Waals surface area contributed by atoms with Crippen LogP contribution in [0.5, 0.6) is 0 Å². The zero-order chi connectivity index (χ0) is 28.8. The standard InChI is InChI=1S/C28H34F2N6O3S2/c1-19-16-22(31-24(17-19)36-12-8-28(29,30)9-13-36)25-32-26(40-33-25)21-3-2-20(34-41(38,39)15-14-37)18-23(21)35-10-6-27(4-5-27)7-11-35/h2-3,16-18,34,37H,4-15H2,1H3. The molecule has 9 nitrogen and oxygen atoms in total. The zero-order valence-corrected chi connectivity index (χ0v) is 24.6. The summed E-state index contributed by atoms with van der Waals surface area (Å²) < 4.78 is 59.3. The second kappa shape index (κ2) is 10.7. The van der Waals surface area contributed by atoms with Gasteiger partial charge in [0, 0.05) is 50.3 Å². The first kappa shape index (κ1) is 28.2. The van der Waals surface area contributed by atoms with Crippen LogP contribution in [0, 0.1) is 12.3 Å². The van der Waals surface area contributed by atoms with Crippen LogP contribution >= 0.6 is 11.5 Å². The van der Waals surface area contributed by atoms with E-state index in [1.807, 2.05) is 36.1 Å². The van der Waals surface area contributed by atoms with Crippen molar-refractivity contribution >= 4 is 38.7 Å². The summed E-state index contributed by atoms with van der Waals surface area (Å²) in [6, 6.07) is 9.20. The van der Waals surface area contributed by atoms with Gasteiger partial charge in [0.15, 0.2) is 5.82 Å². The molecule has 41 heavy (non-hydrogen) atoms. The largest absolute Gasteiger partial charge is 0.395 e. The van der Waals surface area contributed by atoms with Crippen molar-refractivity contribution in [3.05, 3.63) is 35.9 Å². The highest BCUT2D eigenvalue weighted by atomic mass is 32.2. The van der Waals surface area contributed by atoms with Gasteiger partial charge < -0.3 is 14.9 Å². The number of nitrogens with zero attached hydrogens (tertiary/aromatic N) is 5. The summed E-state index contributed by atoms with van der Waals surface area (Å²) in [6.45, 7) is 3.73. The molecule has 0 unspecified atom stereocenters. The van der Waals surface area contributed by atoms with Crippen LogP contribution in [0.15, 0.2) is 30.3 Å². The van der Waals surface area contributed by atoms with Gasteiger partial charge in [0.05, 0.1) is 18.0 Å². The molecule has 1 saturated carbocycles. The van der Waals surface area contributed by atoms with Gasteiger partial charge in [0.25, 0.3) is 5.92 Å². The van der Waals surface area contributed by atoms with Crippen LogP contribution in [0.1, 0.15) is 44.1 Å². The fourth-order valence-corrected chi connectivity index (χ4v) is 7.25. The van der Waals surface area contributed by atoms with Crippen LogP contribution in [-0.2, 0) is 10.0 Å². The number of alkyl halides is 2. The van der Waals surface area contributed by atoms with Gasteiger partial charge in [0.1, 0.15) is 16.5 Å². The lowest BCUT2D eigenvalue weighted by molar-refractivity contribution is -0.0221. The van der Waals surface area contributed by atoms with Gasteiger partial charge in [-0.1, -0.05) is 0 Å². The maximum Gasteiger partial charge on any atom is 0.251 e. The number of aliphatic hydroxyl groups excluding tert-OH is 1. The molecule has 220 valence electrons. The molecule has 4 heterocycles. The van der Waals surface area contributed by atoms with E-state index in [0.717, 1.165) is 42.7 Å². The third kappa shape index (κ3) is 6.31. The third-order valence-corrected chi connectivity index (χ3v) is 10.4. The van der Waals surface area contributed by atoms with Crippen molar-refractivity contribution in [2.45, 2.75) is 51.4 Å². The van der Waals surface area contributed by atoms with E-state index in [1.165, 1.54) is 24.4 Å². The number of hydrogen-bond acceptors (Lipinski definition) is 9. The molecule has 2 N–H and O–H groups in total. The minimum Gasteiger partial charge on any atom is -0.395 e. The molecule has 0 radical (unpaired) electrons. The first-order chi connectivity index (χ1) is 19.5. The van der Waals surface area contributed by atoms with E-state index in [0.29, 0.717) is 33.4 Å². The molecule has 2 aliphatic heterocycles. The maximum absolute atomic E-state index is 13.7. The van der Waals surface area contributed by atoms with Gasteiger partial charge in [0.2, 0.25) is 10.0 Å². The van der Waals surface area contributed by atoms with Gasteiger partial charge in [-0.2, -0.15) is 4.37 Å².